The number of ether oxygens (including phenoxy) is 2. The Morgan fingerprint density at radius 1 is 1.27 bits per heavy atom. The van der Waals surface area contributed by atoms with Crippen LogP contribution < -0.4 is 20.1 Å². The van der Waals surface area contributed by atoms with Crippen LogP contribution in [0.4, 0.5) is 11.6 Å². The number of hydrogen-bond donors (Lipinski definition) is 2. The summed E-state index contributed by atoms with van der Waals surface area (Å²) in [5, 5.41) is 10.2. The van der Waals surface area contributed by atoms with Crippen molar-refractivity contribution < 1.29 is 19.1 Å². The molecule has 1 atom stereocenters. The number of amides is 2. The maximum Gasteiger partial charge on any atom is 0.262 e. The molecule has 0 fully saturated rings. The molecule has 0 bridgehead atoms. The van der Waals surface area contributed by atoms with Crippen molar-refractivity contribution in [1.29, 1.82) is 0 Å². The highest BCUT2D eigenvalue weighted by atomic mass is 35.5. The maximum atomic E-state index is 12.2. The fraction of sp³-hybridized carbons (Fsp3) is 0.200. The van der Waals surface area contributed by atoms with Crippen LogP contribution in [0.15, 0.2) is 48.8 Å². The van der Waals surface area contributed by atoms with Gasteiger partial charge in [-0.2, -0.15) is 10.1 Å². The van der Waals surface area contributed by atoms with Crippen LogP contribution in [-0.2, 0) is 9.59 Å². The molecule has 0 radical (unpaired) electrons. The average Bonchev–Trinajstić information content (AvgIpc) is 3.21. The average molecular weight is 428 g/mol. The molecule has 0 spiro atoms. The molecule has 2 aromatic carbocycles. The van der Waals surface area contributed by atoms with Crippen molar-refractivity contribution in [1.82, 2.24) is 14.8 Å². The second-order valence-electron chi connectivity index (χ2n) is 6.55. The topological polar surface area (TPSA) is 107 Å². The molecule has 154 valence electrons. The minimum absolute atomic E-state index is 0.140. The normalized spacial score (nSPS) is 15.1. The van der Waals surface area contributed by atoms with Crippen LogP contribution in [0.5, 0.6) is 11.5 Å². The highest BCUT2D eigenvalue weighted by Crippen LogP contribution is 2.34. The smallest absolute Gasteiger partial charge is 0.262 e. The first kappa shape index (κ1) is 19.7. The summed E-state index contributed by atoms with van der Waals surface area (Å²) in [6, 6.07) is 11.7. The Morgan fingerprint density at radius 3 is 2.83 bits per heavy atom. The van der Waals surface area contributed by atoms with Crippen LogP contribution in [0, 0.1) is 0 Å². The van der Waals surface area contributed by atoms with E-state index in [2.05, 4.69) is 20.7 Å². The van der Waals surface area contributed by atoms with Gasteiger partial charge in [-0.1, -0.05) is 17.7 Å². The lowest BCUT2D eigenvalue weighted by Crippen LogP contribution is -2.29. The van der Waals surface area contributed by atoms with Crippen LogP contribution in [0.2, 0.25) is 5.02 Å². The van der Waals surface area contributed by atoms with Gasteiger partial charge in [-0.25, -0.2) is 4.68 Å². The predicted molar refractivity (Wildman–Crippen MR) is 110 cm³/mol. The standard InChI is InChI=1S/C20H18ClN5O4/c1-29-17-8-12(15-9-18(27)25-20-22-11-23-26(15)20)2-7-16(17)30-10-19(28)24-14-5-3-13(21)4-6-14/h2-8,11,15H,9-10H2,1H3,(H,24,28)(H,22,23,25,27)/t15-/m0/s1. The number of carbonyl (C=O) groups excluding carboxylic acids is 2. The molecule has 0 unspecified atom stereocenters. The van der Waals surface area contributed by atoms with Crippen molar-refractivity contribution in [2.45, 2.75) is 12.5 Å². The number of nitrogens with one attached hydrogen (secondary N) is 2. The Hall–Kier alpha value is -3.59. The number of methoxy groups -OCH3 is 1. The molecular formula is C20H18ClN5O4. The third-order valence-corrected chi connectivity index (χ3v) is 4.81. The maximum absolute atomic E-state index is 12.2. The lowest BCUT2D eigenvalue weighted by Gasteiger charge is -2.24. The summed E-state index contributed by atoms with van der Waals surface area (Å²) < 4.78 is 12.7. The first-order chi connectivity index (χ1) is 14.5. The van der Waals surface area contributed by atoms with Gasteiger partial charge in [-0.3, -0.25) is 14.9 Å². The summed E-state index contributed by atoms with van der Waals surface area (Å²) in [7, 11) is 1.51. The number of halogens is 1. The summed E-state index contributed by atoms with van der Waals surface area (Å²) in [6.07, 6.45) is 1.62. The van der Waals surface area contributed by atoms with Crippen LogP contribution in [0.25, 0.3) is 0 Å². The van der Waals surface area contributed by atoms with Crippen molar-refractivity contribution in [2.75, 3.05) is 24.4 Å². The number of anilines is 2. The predicted octanol–water partition coefficient (Wildman–Crippen LogP) is 2.89. The molecule has 0 saturated carbocycles. The molecule has 30 heavy (non-hydrogen) atoms. The van der Waals surface area contributed by atoms with E-state index in [4.69, 9.17) is 21.1 Å². The van der Waals surface area contributed by atoms with E-state index in [0.717, 1.165) is 5.56 Å². The van der Waals surface area contributed by atoms with E-state index in [1.165, 1.54) is 13.4 Å². The second kappa shape index (κ2) is 8.42. The fourth-order valence-electron chi connectivity index (χ4n) is 3.15. The quantitative estimate of drug-likeness (QED) is 0.626. The molecule has 4 rings (SSSR count). The number of nitrogens with zero attached hydrogens (tertiary/aromatic N) is 3. The van der Waals surface area contributed by atoms with E-state index in [1.54, 1.807) is 41.1 Å². The van der Waals surface area contributed by atoms with Gasteiger partial charge in [0, 0.05) is 10.7 Å². The third kappa shape index (κ3) is 4.20. The van der Waals surface area contributed by atoms with E-state index in [-0.39, 0.29) is 30.9 Å². The van der Waals surface area contributed by atoms with Gasteiger partial charge < -0.3 is 14.8 Å². The zero-order valence-electron chi connectivity index (χ0n) is 16.0. The molecule has 2 amide bonds. The molecule has 1 aliphatic heterocycles. The molecule has 3 aromatic rings. The highest BCUT2D eigenvalue weighted by molar-refractivity contribution is 6.30. The Labute approximate surface area is 177 Å². The number of rotatable bonds is 6. The van der Waals surface area contributed by atoms with Crippen LogP contribution >= 0.6 is 11.6 Å². The molecule has 2 N–H and O–H groups in total. The van der Waals surface area contributed by atoms with E-state index in [0.29, 0.717) is 28.2 Å². The molecule has 9 nitrogen and oxygen atoms in total. The van der Waals surface area contributed by atoms with Gasteiger partial charge in [-0.15, -0.1) is 0 Å². The molecule has 0 saturated heterocycles. The van der Waals surface area contributed by atoms with Crippen molar-refractivity contribution in [3.8, 4) is 11.5 Å². The largest absolute Gasteiger partial charge is 0.493 e. The SMILES string of the molecule is COc1cc([C@@H]2CC(=O)Nc3ncnn32)ccc1OCC(=O)Nc1ccc(Cl)cc1. The van der Waals surface area contributed by atoms with Gasteiger partial charge in [0.2, 0.25) is 11.9 Å². The van der Waals surface area contributed by atoms with Gasteiger partial charge in [0.25, 0.3) is 5.91 Å². The van der Waals surface area contributed by atoms with Crippen molar-refractivity contribution in [2.24, 2.45) is 0 Å². The molecule has 2 heterocycles. The minimum atomic E-state index is -0.320. The molecule has 1 aromatic heterocycles. The van der Waals surface area contributed by atoms with Gasteiger partial charge >= 0.3 is 0 Å². The van der Waals surface area contributed by atoms with Crippen molar-refractivity contribution >= 4 is 35.1 Å². The highest BCUT2D eigenvalue weighted by Gasteiger charge is 2.28. The number of aromatic nitrogens is 3. The molecule has 0 aliphatic carbocycles. The van der Waals surface area contributed by atoms with Crippen LogP contribution in [0.3, 0.4) is 0 Å². The number of benzene rings is 2. The van der Waals surface area contributed by atoms with Crippen LogP contribution in [-0.4, -0.2) is 40.3 Å². The minimum Gasteiger partial charge on any atom is -0.493 e. The zero-order valence-corrected chi connectivity index (χ0v) is 16.7. The van der Waals surface area contributed by atoms with Gasteiger partial charge in [-0.05, 0) is 42.0 Å². The summed E-state index contributed by atoms with van der Waals surface area (Å²) in [6.45, 7) is -0.197. The zero-order chi connectivity index (χ0) is 21.1. The number of hydrogen-bond acceptors (Lipinski definition) is 6. The van der Waals surface area contributed by atoms with Crippen molar-refractivity contribution in [3.63, 3.8) is 0 Å². The fourth-order valence-corrected chi connectivity index (χ4v) is 3.27. The molecular weight excluding hydrogens is 410 g/mol. The molecule has 1 aliphatic rings. The second-order valence-corrected chi connectivity index (χ2v) is 6.99. The monoisotopic (exact) mass is 427 g/mol. The number of fused-ring (bicyclic) bond motifs is 1. The summed E-state index contributed by atoms with van der Waals surface area (Å²) in [4.78, 5) is 28.2. The van der Waals surface area contributed by atoms with E-state index in [9.17, 15) is 9.59 Å². The summed E-state index contributed by atoms with van der Waals surface area (Å²) in [5.41, 5.74) is 1.43. The van der Waals surface area contributed by atoms with Gasteiger partial charge in [0.05, 0.1) is 19.6 Å². The van der Waals surface area contributed by atoms with Crippen molar-refractivity contribution in [3.05, 3.63) is 59.4 Å². The van der Waals surface area contributed by atoms with E-state index < -0.39 is 0 Å². The first-order valence-electron chi connectivity index (χ1n) is 9.09. The third-order valence-electron chi connectivity index (χ3n) is 4.56. The lowest BCUT2D eigenvalue weighted by atomic mass is 10.0. The lowest BCUT2D eigenvalue weighted by molar-refractivity contribution is -0.118. The Morgan fingerprint density at radius 2 is 2.07 bits per heavy atom. The van der Waals surface area contributed by atoms with Gasteiger partial charge in [0.1, 0.15) is 6.33 Å². The van der Waals surface area contributed by atoms with E-state index in [1.807, 2.05) is 6.07 Å². The summed E-state index contributed by atoms with van der Waals surface area (Å²) in [5.74, 6) is 0.791. The Balaban J connectivity index is 1.46. The Kier molecular flexibility index (Phi) is 5.53. The van der Waals surface area contributed by atoms with Gasteiger partial charge in [0.15, 0.2) is 18.1 Å². The van der Waals surface area contributed by atoms with Crippen LogP contribution in [0.1, 0.15) is 18.0 Å². The number of carbonyl (C=O) groups is 2. The first-order valence-corrected chi connectivity index (χ1v) is 9.47. The Bertz CT molecular complexity index is 1080. The van der Waals surface area contributed by atoms with E-state index >= 15 is 0 Å². The molecule has 10 heteroatoms. The summed E-state index contributed by atoms with van der Waals surface area (Å²) >= 11 is 5.84.